The van der Waals surface area contributed by atoms with Crippen LogP contribution in [0.25, 0.3) is 5.76 Å². The highest BCUT2D eigenvalue weighted by atomic mass is 16.6. The normalized spacial score (nSPS) is 18.4. The molecule has 1 atom stereocenters. The number of ketones is 1. The summed E-state index contributed by atoms with van der Waals surface area (Å²) < 4.78 is 0. The van der Waals surface area contributed by atoms with Gasteiger partial charge in [-0.15, -0.1) is 0 Å². The van der Waals surface area contributed by atoms with Crippen LogP contribution < -0.4 is 0 Å². The summed E-state index contributed by atoms with van der Waals surface area (Å²) in [6.45, 7) is 0.827. The molecule has 9 heteroatoms. The van der Waals surface area contributed by atoms with E-state index in [1.54, 1.807) is 24.5 Å². The Bertz CT molecular complexity index is 970. The Morgan fingerprint density at radius 3 is 2.34 bits per heavy atom. The zero-order valence-corrected chi connectivity index (χ0v) is 16.0. The molecule has 1 aromatic heterocycles. The molecule has 1 unspecified atom stereocenters. The topological polar surface area (TPSA) is 117 Å². The lowest BCUT2D eigenvalue weighted by atomic mass is 9.96. The molecule has 9 nitrogen and oxygen atoms in total. The van der Waals surface area contributed by atoms with Crippen molar-refractivity contribution in [1.29, 1.82) is 0 Å². The summed E-state index contributed by atoms with van der Waals surface area (Å²) in [5.41, 5.74) is 0.675. The first-order valence-corrected chi connectivity index (χ1v) is 8.89. The Hall–Kier alpha value is -3.59. The van der Waals surface area contributed by atoms with Crippen LogP contribution in [0, 0.1) is 10.1 Å². The molecular formula is C20H20N4O5. The average molecular weight is 396 g/mol. The van der Waals surface area contributed by atoms with E-state index in [2.05, 4.69) is 4.98 Å². The molecule has 1 saturated heterocycles. The molecule has 150 valence electrons. The van der Waals surface area contributed by atoms with Gasteiger partial charge < -0.3 is 14.9 Å². The van der Waals surface area contributed by atoms with Crippen molar-refractivity contribution in [3.8, 4) is 0 Å². The Kier molecular flexibility index (Phi) is 5.69. The summed E-state index contributed by atoms with van der Waals surface area (Å²) in [5, 5.41) is 21.7. The second-order valence-electron chi connectivity index (χ2n) is 6.88. The Labute approximate surface area is 167 Å². The van der Waals surface area contributed by atoms with E-state index in [1.807, 2.05) is 19.0 Å². The van der Waals surface area contributed by atoms with Gasteiger partial charge in [0.05, 0.1) is 16.5 Å². The molecule has 0 spiro atoms. The van der Waals surface area contributed by atoms with E-state index in [-0.39, 0.29) is 22.6 Å². The monoisotopic (exact) mass is 396 g/mol. The van der Waals surface area contributed by atoms with E-state index in [1.165, 1.54) is 29.2 Å². The molecule has 0 saturated carbocycles. The highest BCUT2D eigenvalue weighted by Gasteiger charge is 2.45. The lowest BCUT2D eigenvalue weighted by Crippen LogP contribution is -2.35. The molecule has 0 aliphatic carbocycles. The highest BCUT2D eigenvalue weighted by molar-refractivity contribution is 6.46. The maximum absolute atomic E-state index is 12.8. The number of carbonyl (C=O) groups is 2. The summed E-state index contributed by atoms with van der Waals surface area (Å²) in [6, 6.07) is 7.77. The number of amides is 1. The zero-order valence-electron chi connectivity index (χ0n) is 16.0. The number of nitro benzene ring substituents is 1. The first kappa shape index (κ1) is 20.2. The van der Waals surface area contributed by atoms with Gasteiger partial charge in [-0.1, -0.05) is 0 Å². The second-order valence-corrected chi connectivity index (χ2v) is 6.88. The van der Waals surface area contributed by atoms with Crippen molar-refractivity contribution < 1.29 is 19.6 Å². The van der Waals surface area contributed by atoms with Gasteiger partial charge in [0.2, 0.25) is 0 Å². The maximum atomic E-state index is 12.8. The molecule has 0 bridgehead atoms. The molecule has 3 rings (SSSR count). The third kappa shape index (κ3) is 3.99. The number of pyridine rings is 1. The number of rotatable bonds is 6. The van der Waals surface area contributed by atoms with Crippen LogP contribution in [0.4, 0.5) is 5.69 Å². The van der Waals surface area contributed by atoms with Gasteiger partial charge in [-0.05, 0) is 43.9 Å². The Morgan fingerprint density at radius 2 is 1.79 bits per heavy atom. The molecule has 2 aromatic rings. The summed E-state index contributed by atoms with van der Waals surface area (Å²) in [7, 11) is 3.71. The number of likely N-dealkylation sites (tertiary alicyclic amines) is 1. The number of hydrogen-bond acceptors (Lipinski definition) is 7. The predicted octanol–water partition coefficient (Wildman–Crippen LogP) is 1.97. The van der Waals surface area contributed by atoms with Crippen molar-refractivity contribution in [2.75, 3.05) is 27.2 Å². The van der Waals surface area contributed by atoms with E-state index >= 15 is 0 Å². The lowest BCUT2D eigenvalue weighted by Gasteiger charge is -2.26. The van der Waals surface area contributed by atoms with Crippen LogP contribution in [-0.4, -0.2) is 63.7 Å². The van der Waals surface area contributed by atoms with Gasteiger partial charge in [0.15, 0.2) is 0 Å². The van der Waals surface area contributed by atoms with E-state index in [4.69, 9.17) is 0 Å². The molecule has 1 amide bonds. The number of nitrogens with zero attached hydrogens (tertiary/aromatic N) is 4. The molecule has 1 aliphatic heterocycles. The van der Waals surface area contributed by atoms with Crippen LogP contribution in [0.15, 0.2) is 54.4 Å². The number of nitro groups is 1. The minimum absolute atomic E-state index is 0.0474. The molecule has 1 fully saturated rings. The molecule has 1 aliphatic rings. The average Bonchev–Trinajstić information content (AvgIpc) is 2.97. The van der Waals surface area contributed by atoms with Gasteiger partial charge in [0, 0.05) is 43.2 Å². The Morgan fingerprint density at radius 1 is 1.17 bits per heavy atom. The molecule has 1 aromatic carbocycles. The van der Waals surface area contributed by atoms with Crippen LogP contribution in [0.1, 0.15) is 17.2 Å². The predicted molar refractivity (Wildman–Crippen MR) is 105 cm³/mol. The van der Waals surface area contributed by atoms with Gasteiger partial charge in [-0.2, -0.15) is 0 Å². The van der Waals surface area contributed by atoms with Crippen molar-refractivity contribution in [2.24, 2.45) is 0 Å². The van der Waals surface area contributed by atoms with Gasteiger partial charge in [-0.25, -0.2) is 0 Å². The highest BCUT2D eigenvalue weighted by Crippen LogP contribution is 2.39. The third-order valence-corrected chi connectivity index (χ3v) is 4.70. The summed E-state index contributed by atoms with van der Waals surface area (Å²) in [6.07, 6.45) is 3.10. The quantitative estimate of drug-likeness (QED) is 0.261. The number of likely N-dealkylation sites (N-methyl/N-ethyl adjacent to an activating group) is 1. The van der Waals surface area contributed by atoms with Crippen molar-refractivity contribution in [3.05, 3.63) is 75.6 Å². The number of aliphatic hydroxyl groups excluding tert-OH is 1. The number of hydrogen-bond donors (Lipinski definition) is 1. The number of non-ortho nitro benzene ring substituents is 1. The van der Waals surface area contributed by atoms with Crippen LogP contribution in [0.3, 0.4) is 0 Å². The van der Waals surface area contributed by atoms with Crippen molar-refractivity contribution in [1.82, 2.24) is 14.8 Å². The summed E-state index contributed by atoms with van der Waals surface area (Å²) in [5.74, 6) is -1.86. The first-order valence-electron chi connectivity index (χ1n) is 8.89. The lowest BCUT2D eigenvalue weighted by molar-refractivity contribution is -0.384. The summed E-state index contributed by atoms with van der Waals surface area (Å²) in [4.78, 5) is 43.1. The smallest absolute Gasteiger partial charge is 0.295 e. The van der Waals surface area contributed by atoms with E-state index in [0.29, 0.717) is 18.7 Å². The minimum Gasteiger partial charge on any atom is -0.507 e. The first-order chi connectivity index (χ1) is 13.8. The number of Topliss-reactive ketones (excluding diaryl/α,β-unsaturated/α-hetero) is 1. The van der Waals surface area contributed by atoms with Gasteiger partial charge in [-0.3, -0.25) is 24.7 Å². The maximum Gasteiger partial charge on any atom is 0.295 e. The van der Waals surface area contributed by atoms with Gasteiger partial charge in [0.25, 0.3) is 17.4 Å². The van der Waals surface area contributed by atoms with E-state index in [9.17, 15) is 24.8 Å². The summed E-state index contributed by atoms with van der Waals surface area (Å²) >= 11 is 0. The van der Waals surface area contributed by atoms with Crippen LogP contribution in [0.2, 0.25) is 0 Å². The third-order valence-electron chi connectivity index (χ3n) is 4.70. The van der Waals surface area contributed by atoms with Crippen molar-refractivity contribution in [3.63, 3.8) is 0 Å². The molecule has 0 radical (unpaired) electrons. The SMILES string of the molecule is CN(C)CCN1C(=O)C(=O)/C(=C(\O)c2ccc([N+](=O)[O-])cc2)C1c1ccncc1. The number of aliphatic hydroxyl groups is 1. The molecule has 29 heavy (non-hydrogen) atoms. The standard InChI is InChI=1S/C20H20N4O5/c1-22(2)11-12-23-17(13-7-9-21-10-8-13)16(19(26)20(23)27)18(25)14-3-5-15(6-4-14)24(28)29/h3-10,17,25H,11-12H2,1-2H3/b18-16-. The van der Waals surface area contributed by atoms with E-state index in [0.717, 1.165) is 0 Å². The number of carbonyl (C=O) groups excluding carboxylic acids is 2. The van der Waals surface area contributed by atoms with Crippen LogP contribution >= 0.6 is 0 Å². The molecule has 1 N–H and O–H groups in total. The van der Waals surface area contributed by atoms with Crippen molar-refractivity contribution in [2.45, 2.75) is 6.04 Å². The van der Waals surface area contributed by atoms with Gasteiger partial charge >= 0.3 is 0 Å². The fraction of sp³-hybridized carbons (Fsp3) is 0.250. The zero-order chi connectivity index (χ0) is 21.1. The molecular weight excluding hydrogens is 376 g/mol. The fourth-order valence-corrected chi connectivity index (χ4v) is 3.21. The van der Waals surface area contributed by atoms with E-state index < -0.39 is 22.7 Å². The Balaban J connectivity index is 2.10. The minimum atomic E-state index is -0.790. The molecule has 2 heterocycles. The fourth-order valence-electron chi connectivity index (χ4n) is 3.21. The number of aromatic nitrogens is 1. The van der Waals surface area contributed by atoms with Gasteiger partial charge in [0.1, 0.15) is 5.76 Å². The largest absolute Gasteiger partial charge is 0.507 e. The van der Waals surface area contributed by atoms with Crippen LogP contribution in [-0.2, 0) is 9.59 Å². The van der Waals surface area contributed by atoms with Crippen molar-refractivity contribution >= 4 is 23.1 Å². The van der Waals surface area contributed by atoms with Crippen LogP contribution in [0.5, 0.6) is 0 Å². The second kappa shape index (κ2) is 8.19. The number of benzene rings is 1.